The van der Waals surface area contributed by atoms with Gasteiger partial charge in [0.15, 0.2) is 0 Å². The largest absolute Gasteiger partial charge is 0.469 e. The molecule has 0 saturated carbocycles. The molecule has 1 N–H and O–H groups in total. The molecule has 0 atom stereocenters. The van der Waals surface area contributed by atoms with Crippen molar-refractivity contribution in [3.8, 4) is 0 Å². The maximum atomic E-state index is 7.00. The van der Waals surface area contributed by atoms with Crippen LogP contribution in [0, 0.1) is 0 Å². The Morgan fingerprint density at radius 1 is 1.10 bits per heavy atom. The Hall–Kier alpha value is -2.60. The van der Waals surface area contributed by atoms with Crippen LogP contribution < -0.4 is 4.90 Å². The van der Waals surface area contributed by atoms with Crippen LogP contribution in [0.1, 0.15) is 40.5 Å². The number of aromatic nitrogens is 1. The minimum Gasteiger partial charge on any atom is -0.469 e. The molecule has 3 heterocycles. The number of para-hydroxylation sites is 1. The van der Waals surface area contributed by atoms with Gasteiger partial charge in [-0.05, 0) is 44.9 Å². The number of hydrogen-bond acceptors (Lipinski definition) is 6. The van der Waals surface area contributed by atoms with Gasteiger partial charge >= 0.3 is 0 Å². The molecule has 0 radical (unpaired) electrons. The van der Waals surface area contributed by atoms with Crippen LogP contribution in [-0.2, 0) is 4.74 Å². The highest BCUT2D eigenvalue weighted by atomic mass is 16.5. The predicted molar refractivity (Wildman–Crippen MR) is 126 cm³/mol. The van der Waals surface area contributed by atoms with Gasteiger partial charge in [0.1, 0.15) is 11.9 Å². The molecule has 30 heavy (non-hydrogen) atoms. The van der Waals surface area contributed by atoms with Crippen LogP contribution >= 0.6 is 0 Å². The lowest BCUT2D eigenvalue weighted by molar-refractivity contribution is 0.0825. The van der Waals surface area contributed by atoms with Gasteiger partial charge in [0.05, 0.1) is 24.3 Å². The molecule has 2 aromatic rings. The standard InChI is InChI=1S/C21H26N4O.C2H6.CH4O/c1-3-22-21(16(2)24-12-6-7-13-24)26-18-14-25(15-18)20-11-10-17-8-4-5-9-19(17)23-20;2*1-2/h3-5,8-11,18H,6-7,12-15H2,1-2H3;1-2H3;2H,1H3/b21-16-,22-3-;;. The number of aliphatic imine (C=N–C) groups is 1. The molecule has 164 valence electrons. The third-order valence-corrected chi connectivity index (χ3v) is 5.17. The van der Waals surface area contributed by atoms with Gasteiger partial charge in [-0.1, -0.05) is 32.0 Å². The Kier molecular flexibility index (Phi) is 9.61. The van der Waals surface area contributed by atoms with E-state index in [2.05, 4.69) is 46.0 Å². The Morgan fingerprint density at radius 3 is 2.43 bits per heavy atom. The molecule has 4 rings (SSSR count). The normalized spacial score (nSPS) is 17.0. The molecule has 2 aliphatic heterocycles. The Morgan fingerprint density at radius 2 is 1.77 bits per heavy atom. The summed E-state index contributed by atoms with van der Waals surface area (Å²) in [7, 11) is 1.00. The van der Waals surface area contributed by atoms with Gasteiger partial charge in [-0.3, -0.25) is 0 Å². The summed E-state index contributed by atoms with van der Waals surface area (Å²) in [5.41, 5.74) is 2.19. The van der Waals surface area contributed by atoms with Gasteiger partial charge in [0.25, 0.3) is 0 Å². The summed E-state index contributed by atoms with van der Waals surface area (Å²) < 4.78 is 6.21. The first-order valence-corrected chi connectivity index (χ1v) is 10.9. The third kappa shape index (κ3) is 5.72. The highest BCUT2D eigenvalue weighted by Gasteiger charge is 2.31. The number of anilines is 1. The molecule has 0 spiro atoms. The molecule has 2 aliphatic rings. The van der Waals surface area contributed by atoms with E-state index < -0.39 is 0 Å². The molecule has 6 heteroatoms. The molecular formula is C24H36N4O2. The Balaban J connectivity index is 0.000000757. The number of fused-ring (bicyclic) bond motifs is 1. The highest BCUT2D eigenvalue weighted by Crippen LogP contribution is 2.26. The summed E-state index contributed by atoms with van der Waals surface area (Å²) in [4.78, 5) is 13.9. The Bertz CT molecular complexity index is 838. The molecule has 1 aromatic heterocycles. The topological polar surface area (TPSA) is 61.2 Å². The van der Waals surface area contributed by atoms with Crippen LogP contribution in [0.3, 0.4) is 0 Å². The number of likely N-dealkylation sites (tertiary alicyclic amines) is 1. The second kappa shape index (κ2) is 12.2. The van der Waals surface area contributed by atoms with Gasteiger partial charge in [0.2, 0.25) is 5.88 Å². The molecule has 6 nitrogen and oxygen atoms in total. The van der Waals surface area contributed by atoms with E-state index in [0.717, 1.165) is 56.2 Å². The minimum atomic E-state index is 0.166. The van der Waals surface area contributed by atoms with Crippen molar-refractivity contribution >= 4 is 22.9 Å². The van der Waals surface area contributed by atoms with Crippen molar-refractivity contribution < 1.29 is 9.84 Å². The second-order valence-electron chi connectivity index (χ2n) is 6.98. The molecule has 2 saturated heterocycles. The van der Waals surface area contributed by atoms with Gasteiger partial charge in [-0.15, -0.1) is 0 Å². The van der Waals surface area contributed by atoms with Crippen LogP contribution in [0.2, 0.25) is 0 Å². The zero-order chi connectivity index (χ0) is 21.9. The number of ether oxygens (including phenoxy) is 1. The van der Waals surface area contributed by atoms with Crippen molar-refractivity contribution in [3.63, 3.8) is 0 Å². The van der Waals surface area contributed by atoms with Crippen LogP contribution in [0.15, 0.2) is 53.0 Å². The summed E-state index contributed by atoms with van der Waals surface area (Å²) in [6.45, 7) is 12.0. The van der Waals surface area contributed by atoms with Crippen LogP contribution in [0.25, 0.3) is 10.9 Å². The molecule has 1 aromatic carbocycles. The zero-order valence-electron chi connectivity index (χ0n) is 19.0. The number of allylic oxidation sites excluding steroid dienone is 1. The van der Waals surface area contributed by atoms with Crippen molar-refractivity contribution in [1.29, 1.82) is 0 Å². The number of benzene rings is 1. The first-order chi connectivity index (χ1) is 14.7. The summed E-state index contributed by atoms with van der Waals surface area (Å²) >= 11 is 0. The molecule has 0 bridgehead atoms. The summed E-state index contributed by atoms with van der Waals surface area (Å²) in [5.74, 6) is 1.79. The number of aliphatic hydroxyl groups excluding tert-OH is 1. The van der Waals surface area contributed by atoms with Gasteiger partial charge < -0.3 is 19.6 Å². The lowest BCUT2D eigenvalue weighted by atomic mass is 10.1. The van der Waals surface area contributed by atoms with E-state index >= 15 is 0 Å². The molecule has 0 aliphatic carbocycles. The van der Waals surface area contributed by atoms with Gasteiger partial charge in [-0.2, -0.15) is 0 Å². The van der Waals surface area contributed by atoms with Crippen LogP contribution in [-0.4, -0.2) is 60.6 Å². The molecule has 0 amide bonds. The third-order valence-electron chi connectivity index (χ3n) is 5.17. The zero-order valence-corrected chi connectivity index (χ0v) is 19.0. The number of nitrogens with zero attached hydrogens (tertiary/aromatic N) is 4. The number of pyridine rings is 1. The van der Waals surface area contributed by atoms with E-state index in [9.17, 15) is 0 Å². The Labute approximate surface area is 180 Å². The van der Waals surface area contributed by atoms with E-state index in [1.807, 2.05) is 39.1 Å². The number of hydrogen-bond donors (Lipinski definition) is 1. The summed E-state index contributed by atoms with van der Waals surface area (Å²) in [5, 5.41) is 8.17. The van der Waals surface area contributed by atoms with Crippen LogP contribution in [0.5, 0.6) is 0 Å². The van der Waals surface area contributed by atoms with Gasteiger partial charge in [0, 0.05) is 31.8 Å². The smallest absolute Gasteiger partial charge is 0.232 e. The average Bonchev–Trinajstić information content (AvgIpc) is 3.32. The quantitative estimate of drug-likeness (QED) is 0.581. The lowest BCUT2D eigenvalue weighted by Crippen LogP contribution is -2.52. The first kappa shape index (κ1) is 23.7. The minimum absolute atomic E-state index is 0.166. The fraction of sp³-hybridized carbons (Fsp3) is 0.500. The van der Waals surface area contributed by atoms with E-state index in [1.54, 1.807) is 0 Å². The number of aliphatic hydroxyl groups is 1. The summed E-state index contributed by atoms with van der Waals surface area (Å²) in [6.07, 6.45) is 4.49. The SMILES string of the molecule is C/C=N\C(OC1CN(c2ccc3ccccc3n2)C1)=C(/C)N1CCCC1.CC.CO. The van der Waals surface area contributed by atoms with Crippen molar-refractivity contribution in [3.05, 3.63) is 48.0 Å². The lowest BCUT2D eigenvalue weighted by Gasteiger charge is -2.40. The number of rotatable bonds is 5. The monoisotopic (exact) mass is 412 g/mol. The van der Waals surface area contributed by atoms with E-state index in [4.69, 9.17) is 14.8 Å². The maximum Gasteiger partial charge on any atom is 0.232 e. The van der Waals surface area contributed by atoms with Crippen molar-refractivity contribution in [2.75, 3.05) is 38.2 Å². The maximum absolute atomic E-state index is 7.00. The van der Waals surface area contributed by atoms with Gasteiger partial charge in [-0.25, -0.2) is 9.98 Å². The average molecular weight is 413 g/mol. The van der Waals surface area contributed by atoms with Crippen molar-refractivity contribution in [2.24, 2.45) is 4.99 Å². The first-order valence-electron chi connectivity index (χ1n) is 10.9. The van der Waals surface area contributed by atoms with E-state index in [-0.39, 0.29) is 6.10 Å². The van der Waals surface area contributed by atoms with Crippen molar-refractivity contribution in [2.45, 2.75) is 46.6 Å². The molecule has 2 fully saturated rings. The second-order valence-corrected chi connectivity index (χ2v) is 6.98. The van der Waals surface area contributed by atoms with E-state index in [1.165, 1.54) is 18.2 Å². The van der Waals surface area contributed by atoms with E-state index in [0.29, 0.717) is 0 Å². The predicted octanol–water partition coefficient (Wildman–Crippen LogP) is 4.45. The highest BCUT2D eigenvalue weighted by molar-refractivity contribution is 5.80. The van der Waals surface area contributed by atoms with Crippen LogP contribution in [0.4, 0.5) is 5.82 Å². The van der Waals surface area contributed by atoms with Crippen molar-refractivity contribution in [1.82, 2.24) is 9.88 Å². The molecule has 0 unspecified atom stereocenters. The fourth-order valence-corrected chi connectivity index (χ4v) is 3.60. The fourth-order valence-electron chi connectivity index (χ4n) is 3.60. The summed E-state index contributed by atoms with van der Waals surface area (Å²) in [6, 6.07) is 12.5. The molecular weight excluding hydrogens is 376 g/mol.